The molecule has 0 aliphatic rings. The summed E-state index contributed by atoms with van der Waals surface area (Å²) in [7, 11) is 0. The molecule has 90 valence electrons. The molecule has 1 unspecified atom stereocenters. The Morgan fingerprint density at radius 2 is 1.69 bits per heavy atom. The number of hydrogen-bond donors (Lipinski definition) is 0. The molecule has 0 aliphatic heterocycles. The summed E-state index contributed by atoms with van der Waals surface area (Å²) >= 11 is 3.48. The van der Waals surface area contributed by atoms with Crippen LogP contribution in [0.5, 0.6) is 0 Å². The van der Waals surface area contributed by atoms with E-state index in [1.54, 1.807) is 0 Å². The second-order valence-electron chi connectivity index (χ2n) is 4.47. The van der Waals surface area contributed by atoms with Gasteiger partial charge in [0, 0.05) is 10.4 Å². The van der Waals surface area contributed by atoms with Crippen LogP contribution in [0.25, 0.3) is 0 Å². The number of halogens is 3. The third-order valence-electron chi connectivity index (χ3n) is 2.54. The molecular formula is C13H17BrF2. The van der Waals surface area contributed by atoms with Crippen molar-refractivity contribution in [2.45, 2.75) is 37.9 Å². The summed E-state index contributed by atoms with van der Waals surface area (Å²) in [5, 5.41) is 0. The fourth-order valence-electron chi connectivity index (χ4n) is 1.57. The Hall–Kier alpha value is -0.440. The van der Waals surface area contributed by atoms with E-state index in [1.807, 2.05) is 0 Å². The minimum absolute atomic E-state index is 0.140. The third-order valence-corrected chi connectivity index (χ3v) is 3.33. The summed E-state index contributed by atoms with van der Waals surface area (Å²) in [6.07, 6.45) is 2.41. The lowest BCUT2D eigenvalue weighted by Gasteiger charge is -2.12. The molecule has 1 rings (SSSR count). The second kappa shape index (κ2) is 6.33. The fourth-order valence-corrected chi connectivity index (χ4v) is 2.15. The van der Waals surface area contributed by atoms with Crippen molar-refractivity contribution in [1.29, 1.82) is 0 Å². The Morgan fingerprint density at radius 1 is 1.12 bits per heavy atom. The maximum atomic E-state index is 13.3. The molecule has 0 spiro atoms. The summed E-state index contributed by atoms with van der Waals surface area (Å²) in [5.41, 5.74) is 0.188. The Balaban J connectivity index is 2.59. The van der Waals surface area contributed by atoms with Gasteiger partial charge in [-0.2, -0.15) is 0 Å². The van der Waals surface area contributed by atoms with Crippen LogP contribution in [0, 0.1) is 17.6 Å². The summed E-state index contributed by atoms with van der Waals surface area (Å²) < 4.78 is 26.7. The molecule has 0 fully saturated rings. The van der Waals surface area contributed by atoms with Crippen molar-refractivity contribution >= 4 is 15.9 Å². The van der Waals surface area contributed by atoms with Crippen LogP contribution in [-0.2, 0) is 6.42 Å². The quantitative estimate of drug-likeness (QED) is 0.689. The van der Waals surface area contributed by atoms with Crippen LogP contribution in [0.4, 0.5) is 8.78 Å². The lowest BCUT2D eigenvalue weighted by Crippen LogP contribution is -2.08. The van der Waals surface area contributed by atoms with E-state index >= 15 is 0 Å². The van der Waals surface area contributed by atoms with Gasteiger partial charge < -0.3 is 0 Å². The van der Waals surface area contributed by atoms with E-state index in [4.69, 9.17) is 0 Å². The standard InChI is InChI=1S/C13H17BrF2/c1-9(2)6-7-10(14)8-11-12(15)4-3-5-13(11)16/h3-5,9-10H,6-8H2,1-2H3. The molecule has 0 aromatic heterocycles. The normalized spacial score (nSPS) is 13.1. The molecular weight excluding hydrogens is 274 g/mol. The molecule has 1 aromatic rings. The topological polar surface area (TPSA) is 0 Å². The highest BCUT2D eigenvalue weighted by molar-refractivity contribution is 9.09. The van der Waals surface area contributed by atoms with Gasteiger partial charge in [-0.15, -0.1) is 0 Å². The van der Waals surface area contributed by atoms with Gasteiger partial charge in [0.15, 0.2) is 0 Å². The maximum Gasteiger partial charge on any atom is 0.129 e. The molecule has 0 N–H and O–H groups in total. The second-order valence-corrected chi connectivity index (χ2v) is 5.77. The van der Waals surface area contributed by atoms with E-state index in [9.17, 15) is 8.78 Å². The molecule has 0 aliphatic carbocycles. The smallest absolute Gasteiger partial charge is 0.129 e. The zero-order valence-corrected chi connectivity index (χ0v) is 11.2. The van der Waals surface area contributed by atoms with Crippen LogP contribution in [0.3, 0.4) is 0 Å². The van der Waals surface area contributed by atoms with Crippen LogP contribution in [0.15, 0.2) is 18.2 Å². The average Bonchev–Trinajstić information content (AvgIpc) is 2.21. The first kappa shape index (κ1) is 13.6. The van der Waals surface area contributed by atoms with E-state index in [0.717, 1.165) is 12.8 Å². The predicted molar refractivity (Wildman–Crippen MR) is 66.8 cm³/mol. The van der Waals surface area contributed by atoms with Crippen molar-refractivity contribution in [3.05, 3.63) is 35.4 Å². The minimum Gasteiger partial charge on any atom is -0.207 e. The molecule has 0 amide bonds. The van der Waals surface area contributed by atoms with E-state index in [-0.39, 0.29) is 10.4 Å². The van der Waals surface area contributed by atoms with Crippen molar-refractivity contribution in [2.24, 2.45) is 5.92 Å². The minimum atomic E-state index is -0.450. The Labute approximate surface area is 104 Å². The molecule has 3 heteroatoms. The van der Waals surface area contributed by atoms with Gasteiger partial charge in [0.2, 0.25) is 0 Å². The van der Waals surface area contributed by atoms with Crippen LogP contribution in [0.2, 0.25) is 0 Å². The average molecular weight is 291 g/mol. The Morgan fingerprint density at radius 3 is 2.19 bits per heavy atom. The van der Waals surface area contributed by atoms with Gasteiger partial charge in [-0.25, -0.2) is 8.78 Å². The molecule has 0 nitrogen and oxygen atoms in total. The van der Waals surface area contributed by atoms with Gasteiger partial charge >= 0.3 is 0 Å². The summed E-state index contributed by atoms with van der Waals surface area (Å²) in [4.78, 5) is 0.140. The monoisotopic (exact) mass is 290 g/mol. The molecule has 1 aromatic carbocycles. The molecule has 1 atom stereocenters. The lowest BCUT2D eigenvalue weighted by molar-refractivity contribution is 0.524. The van der Waals surface area contributed by atoms with Gasteiger partial charge in [0.1, 0.15) is 11.6 Å². The highest BCUT2D eigenvalue weighted by Gasteiger charge is 2.13. The van der Waals surface area contributed by atoms with Crippen molar-refractivity contribution < 1.29 is 8.78 Å². The van der Waals surface area contributed by atoms with E-state index in [1.165, 1.54) is 18.2 Å². The fraction of sp³-hybridized carbons (Fsp3) is 0.538. The molecule has 0 bridgehead atoms. The van der Waals surface area contributed by atoms with E-state index in [0.29, 0.717) is 12.3 Å². The zero-order chi connectivity index (χ0) is 12.1. The Kier molecular flexibility index (Phi) is 5.39. The maximum absolute atomic E-state index is 13.3. The number of alkyl halides is 1. The molecule has 0 radical (unpaired) electrons. The van der Waals surface area contributed by atoms with Gasteiger partial charge in [0.25, 0.3) is 0 Å². The zero-order valence-electron chi connectivity index (χ0n) is 9.64. The van der Waals surface area contributed by atoms with Gasteiger partial charge in [0.05, 0.1) is 0 Å². The molecule has 0 saturated heterocycles. The van der Waals surface area contributed by atoms with E-state index < -0.39 is 11.6 Å². The number of rotatable bonds is 5. The lowest BCUT2D eigenvalue weighted by atomic mass is 10.0. The first-order valence-electron chi connectivity index (χ1n) is 5.57. The van der Waals surface area contributed by atoms with Gasteiger partial charge in [-0.05, 0) is 37.3 Å². The van der Waals surface area contributed by atoms with Gasteiger partial charge in [-0.3, -0.25) is 0 Å². The van der Waals surface area contributed by atoms with Crippen molar-refractivity contribution in [3.63, 3.8) is 0 Å². The first-order valence-corrected chi connectivity index (χ1v) is 6.49. The molecule has 0 heterocycles. The first-order chi connectivity index (χ1) is 7.50. The predicted octanol–water partition coefficient (Wildman–Crippen LogP) is 4.71. The van der Waals surface area contributed by atoms with E-state index in [2.05, 4.69) is 29.8 Å². The van der Waals surface area contributed by atoms with Gasteiger partial charge in [-0.1, -0.05) is 35.8 Å². The van der Waals surface area contributed by atoms with Crippen LogP contribution in [0.1, 0.15) is 32.3 Å². The van der Waals surface area contributed by atoms with Crippen LogP contribution in [-0.4, -0.2) is 4.83 Å². The summed E-state index contributed by atoms with van der Waals surface area (Å²) in [5.74, 6) is -0.284. The third kappa shape index (κ3) is 4.20. The molecule has 16 heavy (non-hydrogen) atoms. The SMILES string of the molecule is CC(C)CCC(Br)Cc1c(F)cccc1F. The van der Waals surface area contributed by atoms with Crippen molar-refractivity contribution in [1.82, 2.24) is 0 Å². The highest BCUT2D eigenvalue weighted by Crippen LogP contribution is 2.21. The summed E-state index contributed by atoms with van der Waals surface area (Å²) in [6.45, 7) is 4.28. The Bertz CT molecular complexity index is 316. The van der Waals surface area contributed by atoms with Crippen molar-refractivity contribution in [2.75, 3.05) is 0 Å². The molecule has 0 saturated carbocycles. The van der Waals surface area contributed by atoms with Crippen LogP contribution >= 0.6 is 15.9 Å². The largest absolute Gasteiger partial charge is 0.207 e. The highest BCUT2D eigenvalue weighted by atomic mass is 79.9. The van der Waals surface area contributed by atoms with Crippen molar-refractivity contribution in [3.8, 4) is 0 Å². The number of hydrogen-bond acceptors (Lipinski definition) is 0. The summed E-state index contributed by atoms with van der Waals surface area (Å²) in [6, 6.07) is 4.01. The van der Waals surface area contributed by atoms with Crippen LogP contribution < -0.4 is 0 Å². The number of benzene rings is 1.